The van der Waals surface area contributed by atoms with Crippen LogP contribution in [0.25, 0.3) is 11.3 Å². The van der Waals surface area contributed by atoms with E-state index in [0.29, 0.717) is 17.8 Å². The highest BCUT2D eigenvalue weighted by atomic mass is 19.4. The fourth-order valence-electron chi connectivity index (χ4n) is 2.68. The molecule has 0 spiro atoms. The number of aliphatic hydroxyl groups excluding tert-OH is 1. The van der Waals surface area contributed by atoms with Crippen LogP contribution in [0.15, 0.2) is 30.5 Å². The highest BCUT2D eigenvalue weighted by Gasteiger charge is 2.38. The molecule has 0 radical (unpaired) electrons. The lowest BCUT2D eigenvalue weighted by Crippen LogP contribution is -2.52. The van der Waals surface area contributed by atoms with E-state index < -0.39 is 29.6 Å². The quantitative estimate of drug-likeness (QED) is 0.290. The highest BCUT2D eigenvalue weighted by Crippen LogP contribution is 2.18. The van der Waals surface area contributed by atoms with E-state index >= 15 is 0 Å². The number of H-pyrrole nitrogens is 1. The first-order valence-corrected chi connectivity index (χ1v) is 10.1. The van der Waals surface area contributed by atoms with E-state index in [4.69, 9.17) is 15.0 Å². The van der Waals surface area contributed by atoms with Gasteiger partial charge in [0.25, 0.3) is 5.91 Å². The summed E-state index contributed by atoms with van der Waals surface area (Å²) in [7, 11) is 0. The van der Waals surface area contributed by atoms with Crippen molar-refractivity contribution >= 4 is 17.8 Å². The molecule has 1 amide bonds. The fourth-order valence-corrected chi connectivity index (χ4v) is 2.68. The van der Waals surface area contributed by atoms with Gasteiger partial charge in [0, 0.05) is 24.2 Å². The SMILES string of the molecule is Cc1n[nH]nc1Cn1cc(-c2ccc(C(=O)NC(C)(CCO)C(=O)O)cc2)nn1.O=C(O)C(F)(F)F. The molecule has 0 saturated carbocycles. The second-order valence-electron chi connectivity index (χ2n) is 7.60. The number of amides is 1. The number of carbonyl (C=O) groups is 3. The number of aliphatic carboxylic acids is 2. The smallest absolute Gasteiger partial charge is 0.480 e. The third kappa shape index (κ3) is 7.33. The Bertz CT molecular complexity index is 1210. The van der Waals surface area contributed by atoms with Gasteiger partial charge in [-0.05, 0) is 26.0 Å². The van der Waals surface area contributed by atoms with Gasteiger partial charge in [0.15, 0.2) is 0 Å². The molecule has 1 aromatic carbocycles. The van der Waals surface area contributed by atoms with Crippen LogP contribution in [0.5, 0.6) is 0 Å². The standard InChI is InChI=1S/C18H21N7O4.C2HF3O2/c1-11-14(21-23-20-11)9-25-10-15(22-24-25)12-3-5-13(6-4-12)16(27)19-18(2,7-8-26)17(28)29;3-2(4,5)1(6)7/h3-6,10,26H,7-9H2,1-2H3,(H,19,27)(H,28,29)(H,20,21,23);(H,6,7). The first kappa shape index (κ1) is 27.9. The molecule has 3 aromatic rings. The molecular formula is C20H22F3N7O6. The summed E-state index contributed by atoms with van der Waals surface area (Å²) in [6.45, 7) is 3.27. The van der Waals surface area contributed by atoms with Crippen molar-refractivity contribution in [2.24, 2.45) is 0 Å². The zero-order valence-corrected chi connectivity index (χ0v) is 18.9. The minimum atomic E-state index is -5.08. The largest absolute Gasteiger partial charge is 0.490 e. The molecule has 0 aliphatic heterocycles. The van der Waals surface area contributed by atoms with Gasteiger partial charge in [0.1, 0.15) is 16.9 Å². The molecule has 5 N–H and O–H groups in total. The van der Waals surface area contributed by atoms with Gasteiger partial charge in [-0.1, -0.05) is 17.3 Å². The normalized spacial score (nSPS) is 12.7. The van der Waals surface area contributed by atoms with Crippen molar-refractivity contribution < 1.29 is 42.9 Å². The lowest BCUT2D eigenvalue weighted by atomic mass is 9.97. The van der Waals surface area contributed by atoms with Crippen molar-refractivity contribution in [2.45, 2.75) is 38.5 Å². The van der Waals surface area contributed by atoms with Gasteiger partial charge in [-0.2, -0.15) is 28.6 Å². The third-order valence-electron chi connectivity index (χ3n) is 4.83. The van der Waals surface area contributed by atoms with Crippen LogP contribution in [0.4, 0.5) is 13.2 Å². The number of alkyl halides is 3. The first-order valence-electron chi connectivity index (χ1n) is 10.1. The van der Waals surface area contributed by atoms with Crippen LogP contribution in [0.3, 0.4) is 0 Å². The molecule has 36 heavy (non-hydrogen) atoms. The fraction of sp³-hybridized carbons (Fsp3) is 0.350. The van der Waals surface area contributed by atoms with Crippen LogP contribution in [0, 0.1) is 6.92 Å². The molecule has 2 heterocycles. The predicted molar refractivity (Wildman–Crippen MR) is 115 cm³/mol. The summed E-state index contributed by atoms with van der Waals surface area (Å²) in [6, 6.07) is 6.56. The molecule has 2 aromatic heterocycles. The first-order chi connectivity index (χ1) is 16.8. The number of aromatic nitrogens is 6. The van der Waals surface area contributed by atoms with Crippen LogP contribution >= 0.6 is 0 Å². The molecule has 16 heteroatoms. The maximum atomic E-state index is 12.4. The molecule has 0 saturated heterocycles. The second-order valence-corrected chi connectivity index (χ2v) is 7.60. The van der Waals surface area contributed by atoms with Crippen molar-refractivity contribution in [1.29, 1.82) is 0 Å². The van der Waals surface area contributed by atoms with Crippen molar-refractivity contribution in [1.82, 2.24) is 35.7 Å². The number of rotatable bonds is 8. The van der Waals surface area contributed by atoms with E-state index in [1.54, 1.807) is 35.1 Å². The Labute approximate surface area is 200 Å². The Kier molecular flexibility index (Phi) is 8.83. The molecule has 1 unspecified atom stereocenters. The van der Waals surface area contributed by atoms with Crippen molar-refractivity contribution in [3.8, 4) is 11.3 Å². The average molecular weight is 513 g/mol. The van der Waals surface area contributed by atoms with Crippen molar-refractivity contribution in [3.63, 3.8) is 0 Å². The van der Waals surface area contributed by atoms with E-state index in [0.717, 1.165) is 17.0 Å². The van der Waals surface area contributed by atoms with Crippen LogP contribution in [0.1, 0.15) is 35.1 Å². The number of nitrogens with one attached hydrogen (secondary N) is 2. The summed E-state index contributed by atoms with van der Waals surface area (Å²) < 4.78 is 33.4. The molecular weight excluding hydrogens is 491 g/mol. The van der Waals surface area contributed by atoms with Crippen molar-refractivity contribution in [2.75, 3.05) is 6.61 Å². The van der Waals surface area contributed by atoms with E-state index in [2.05, 4.69) is 31.0 Å². The molecule has 194 valence electrons. The average Bonchev–Trinajstić information content (AvgIpc) is 3.43. The molecule has 0 fully saturated rings. The van der Waals surface area contributed by atoms with Gasteiger partial charge in [-0.15, -0.1) is 5.10 Å². The number of carbonyl (C=O) groups excluding carboxylic acids is 1. The van der Waals surface area contributed by atoms with Gasteiger partial charge in [0.2, 0.25) is 0 Å². The monoisotopic (exact) mass is 513 g/mol. The molecule has 0 bridgehead atoms. The number of carboxylic acids is 2. The minimum absolute atomic E-state index is 0.0970. The summed E-state index contributed by atoms with van der Waals surface area (Å²) in [4.78, 5) is 32.7. The molecule has 0 aliphatic rings. The number of halogens is 3. The number of benzene rings is 1. The van der Waals surface area contributed by atoms with E-state index in [9.17, 15) is 27.9 Å². The molecule has 3 rings (SSSR count). The summed E-state index contributed by atoms with van der Waals surface area (Å²) in [5, 5.41) is 46.7. The van der Waals surface area contributed by atoms with Gasteiger partial charge in [-0.25, -0.2) is 14.3 Å². The maximum absolute atomic E-state index is 12.4. The molecule has 0 aliphatic carbocycles. The van der Waals surface area contributed by atoms with E-state index in [-0.39, 0.29) is 13.0 Å². The van der Waals surface area contributed by atoms with Gasteiger partial charge in [0.05, 0.1) is 18.4 Å². The number of aromatic amines is 1. The summed E-state index contributed by atoms with van der Waals surface area (Å²) in [6.07, 6.45) is -3.42. The minimum Gasteiger partial charge on any atom is -0.480 e. The van der Waals surface area contributed by atoms with Gasteiger partial charge < -0.3 is 20.6 Å². The summed E-state index contributed by atoms with van der Waals surface area (Å²) >= 11 is 0. The number of nitrogens with zero attached hydrogens (tertiary/aromatic N) is 5. The number of hydrogen-bond donors (Lipinski definition) is 5. The third-order valence-corrected chi connectivity index (χ3v) is 4.83. The Hall–Kier alpha value is -4.34. The summed E-state index contributed by atoms with van der Waals surface area (Å²) in [5.41, 5.74) is 1.66. The van der Waals surface area contributed by atoms with Crippen LogP contribution in [-0.4, -0.2) is 81.9 Å². The van der Waals surface area contributed by atoms with E-state index in [1.807, 2.05) is 6.92 Å². The Morgan fingerprint density at radius 3 is 2.17 bits per heavy atom. The van der Waals surface area contributed by atoms with Crippen LogP contribution in [0.2, 0.25) is 0 Å². The van der Waals surface area contributed by atoms with Gasteiger partial charge >= 0.3 is 18.1 Å². The zero-order valence-electron chi connectivity index (χ0n) is 18.9. The maximum Gasteiger partial charge on any atom is 0.490 e. The number of aryl methyl sites for hydroxylation is 1. The zero-order chi connectivity index (χ0) is 27.1. The highest BCUT2D eigenvalue weighted by molar-refractivity contribution is 5.98. The Morgan fingerprint density at radius 2 is 1.69 bits per heavy atom. The topological polar surface area (TPSA) is 196 Å². The van der Waals surface area contributed by atoms with Crippen LogP contribution in [-0.2, 0) is 16.1 Å². The molecule has 1 atom stereocenters. The Balaban J connectivity index is 0.000000572. The second kappa shape index (κ2) is 11.4. The van der Waals surface area contributed by atoms with Gasteiger partial charge in [-0.3, -0.25) is 4.79 Å². The van der Waals surface area contributed by atoms with Crippen molar-refractivity contribution in [3.05, 3.63) is 47.4 Å². The lowest BCUT2D eigenvalue weighted by Gasteiger charge is -2.25. The Morgan fingerprint density at radius 1 is 1.08 bits per heavy atom. The van der Waals surface area contributed by atoms with Crippen LogP contribution < -0.4 is 5.32 Å². The number of hydrogen-bond acceptors (Lipinski definition) is 8. The van der Waals surface area contributed by atoms with E-state index in [1.165, 1.54) is 6.92 Å². The predicted octanol–water partition coefficient (Wildman–Crippen LogP) is 1.01. The molecule has 13 nitrogen and oxygen atoms in total. The number of carboxylic acid groups (broad SMARTS) is 2. The number of aliphatic hydroxyl groups is 1. The lowest BCUT2D eigenvalue weighted by molar-refractivity contribution is -0.192. The summed E-state index contributed by atoms with van der Waals surface area (Å²) in [5.74, 6) is -4.51.